The smallest absolute Gasteiger partial charge is 0.223 e. The minimum absolute atomic E-state index is 0.0212. The van der Waals surface area contributed by atoms with E-state index in [0.29, 0.717) is 13.2 Å². The SMILES string of the molecule is CCCCC(CC)C(=O)NC(C)COC(C)(CC)CCOC(CC)CC(C)NC(=O)C(CC)CCCC. The molecular weight excluding hydrogens is 464 g/mol. The zero-order valence-electron chi connectivity index (χ0n) is 25.9. The number of hydrogen-bond donors (Lipinski definition) is 2. The molecule has 0 aromatic heterocycles. The van der Waals surface area contributed by atoms with Crippen molar-refractivity contribution in [2.75, 3.05) is 13.2 Å². The fourth-order valence-electron chi connectivity index (χ4n) is 4.63. The predicted molar refractivity (Wildman–Crippen MR) is 156 cm³/mol. The zero-order valence-corrected chi connectivity index (χ0v) is 25.9. The summed E-state index contributed by atoms with van der Waals surface area (Å²) in [5.74, 6) is 0.538. The van der Waals surface area contributed by atoms with Crippen molar-refractivity contribution in [1.82, 2.24) is 10.6 Å². The molecule has 0 saturated carbocycles. The van der Waals surface area contributed by atoms with E-state index in [2.05, 4.69) is 66.0 Å². The lowest BCUT2D eigenvalue weighted by Gasteiger charge is -2.31. The third-order valence-corrected chi connectivity index (χ3v) is 7.80. The minimum Gasteiger partial charge on any atom is -0.378 e. The first kappa shape index (κ1) is 35.9. The van der Waals surface area contributed by atoms with E-state index in [0.717, 1.165) is 77.0 Å². The fraction of sp³-hybridized carbons (Fsp3) is 0.935. The molecule has 6 heteroatoms. The Morgan fingerprint density at radius 2 is 1.30 bits per heavy atom. The quantitative estimate of drug-likeness (QED) is 0.148. The number of amides is 2. The molecule has 2 amide bonds. The summed E-state index contributed by atoms with van der Waals surface area (Å²) < 4.78 is 12.6. The first-order valence-corrected chi connectivity index (χ1v) is 15.5. The molecule has 0 aliphatic rings. The highest BCUT2D eigenvalue weighted by atomic mass is 16.5. The van der Waals surface area contributed by atoms with E-state index in [4.69, 9.17) is 9.47 Å². The molecule has 2 N–H and O–H groups in total. The van der Waals surface area contributed by atoms with Crippen molar-refractivity contribution in [1.29, 1.82) is 0 Å². The van der Waals surface area contributed by atoms with Gasteiger partial charge in [-0.15, -0.1) is 0 Å². The van der Waals surface area contributed by atoms with Gasteiger partial charge in [-0.1, -0.05) is 67.2 Å². The monoisotopic (exact) mass is 526 g/mol. The second-order valence-electron chi connectivity index (χ2n) is 11.3. The molecule has 37 heavy (non-hydrogen) atoms. The van der Waals surface area contributed by atoms with Crippen LogP contribution >= 0.6 is 0 Å². The number of unbranched alkanes of at least 4 members (excludes halogenated alkanes) is 2. The van der Waals surface area contributed by atoms with Gasteiger partial charge in [-0.25, -0.2) is 0 Å². The van der Waals surface area contributed by atoms with Crippen molar-refractivity contribution in [3.05, 3.63) is 0 Å². The van der Waals surface area contributed by atoms with Crippen molar-refractivity contribution >= 4 is 11.8 Å². The molecule has 6 atom stereocenters. The van der Waals surface area contributed by atoms with Gasteiger partial charge in [0.2, 0.25) is 11.8 Å². The summed E-state index contributed by atoms with van der Waals surface area (Å²) >= 11 is 0. The number of carbonyl (C=O) groups excluding carboxylic acids is 2. The highest BCUT2D eigenvalue weighted by Gasteiger charge is 2.26. The molecule has 0 aromatic rings. The minimum atomic E-state index is -0.295. The van der Waals surface area contributed by atoms with Crippen LogP contribution in [0.5, 0.6) is 0 Å². The molecule has 0 radical (unpaired) electrons. The van der Waals surface area contributed by atoms with Crippen LogP contribution in [-0.2, 0) is 19.1 Å². The first-order chi connectivity index (χ1) is 17.6. The molecule has 0 rings (SSSR count). The predicted octanol–water partition coefficient (Wildman–Crippen LogP) is 7.19. The fourth-order valence-corrected chi connectivity index (χ4v) is 4.63. The van der Waals surface area contributed by atoms with Crippen LogP contribution in [0.2, 0.25) is 0 Å². The van der Waals surface area contributed by atoms with E-state index >= 15 is 0 Å². The lowest BCUT2D eigenvalue weighted by molar-refractivity contribution is -0.128. The third-order valence-electron chi connectivity index (χ3n) is 7.80. The Bertz CT molecular complexity index is 600. The second-order valence-corrected chi connectivity index (χ2v) is 11.3. The number of hydrogen-bond acceptors (Lipinski definition) is 4. The van der Waals surface area contributed by atoms with Gasteiger partial charge >= 0.3 is 0 Å². The summed E-state index contributed by atoms with van der Waals surface area (Å²) in [6.45, 7) is 20.1. The zero-order chi connectivity index (χ0) is 28.3. The van der Waals surface area contributed by atoms with E-state index in [1.807, 2.05) is 6.92 Å². The molecular formula is C31H62N2O4. The van der Waals surface area contributed by atoms with Crippen LogP contribution in [0.25, 0.3) is 0 Å². The van der Waals surface area contributed by atoms with E-state index in [1.54, 1.807) is 0 Å². The number of rotatable bonds is 23. The third kappa shape index (κ3) is 15.8. The van der Waals surface area contributed by atoms with Gasteiger partial charge in [0.1, 0.15) is 0 Å². The summed E-state index contributed by atoms with van der Waals surface area (Å²) in [4.78, 5) is 25.3. The maximum atomic E-state index is 12.6. The number of carbonyl (C=O) groups is 2. The molecule has 0 aromatic carbocycles. The normalized spacial score (nSPS) is 17.3. The number of nitrogens with one attached hydrogen (secondary N) is 2. The van der Waals surface area contributed by atoms with Gasteiger partial charge in [-0.05, 0) is 72.1 Å². The van der Waals surface area contributed by atoms with Gasteiger partial charge in [-0.2, -0.15) is 0 Å². The van der Waals surface area contributed by atoms with Crippen LogP contribution in [0, 0.1) is 11.8 Å². The highest BCUT2D eigenvalue weighted by Crippen LogP contribution is 2.22. The van der Waals surface area contributed by atoms with Gasteiger partial charge in [0.15, 0.2) is 0 Å². The van der Waals surface area contributed by atoms with E-state index in [-0.39, 0.29) is 47.4 Å². The molecule has 6 unspecified atom stereocenters. The summed E-state index contributed by atoms with van der Waals surface area (Å²) in [6, 6.07) is 0.0720. The Morgan fingerprint density at radius 1 is 0.784 bits per heavy atom. The lowest BCUT2D eigenvalue weighted by atomic mass is 9.97. The van der Waals surface area contributed by atoms with E-state index < -0.39 is 0 Å². The van der Waals surface area contributed by atoms with Crippen molar-refractivity contribution in [3.63, 3.8) is 0 Å². The topological polar surface area (TPSA) is 76.7 Å². The lowest BCUT2D eigenvalue weighted by Crippen LogP contribution is -2.42. The average molecular weight is 527 g/mol. The van der Waals surface area contributed by atoms with Crippen LogP contribution in [-0.4, -0.2) is 48.8 Å². The first-order valence-electron chi connectivity index (χ1n) is 15.5. The van der Waals surface area contributed by atoms with Crippen LogP contribution in [0.1, 0.15) is 139 Å². The van der Waals surface area contributed by atoms with Crippen molar-refractivity contribution in [2.45, 2.75) is 163 Å². The second kappa shape index (κ2) is 20.8. The molecule has 0 bridgehead atoms. The molecule has 0 fully saturated rings. The maximum absolute atomic E-state index is 12.6. The summed E-state index contributed by atoms with van der Waals surface area (Å²) in [7, 11) is 0. The van der Waals surface area contributed by atoms with Crippen LogP contribution in [0.4, 0.5) is 0 Å². The number of ether oxygens (including phenoxy) is 2. The molecule has 0 aliphatic carbocycles. The Labute approximate surface area is 229 Å². The van der Waals surface area contributed by atoms with Gasteiger partial charge in [-0.3, -0.25) is 9.59 Å². The Kier molecular flexibility index (Phi) is 20.1. The Balaban J connectivity index is 4.58. The van der Waals surface area contributed by atoms with E-state index in [9.17, 15) is 9.59 Å². The Morgan fingerprint density at radius 3 is 1.73 bits per heavy atom. The largest absolute Gasteiger partial charge is 0.378 e. The molecule has 0 heterocycles. The van der Waals surface area contributed by atoms with Crippen molar-refractivity contribution in [2.24, 2.45) is 11.8 Å². The standard InChI is InChI=1S/C31H62N2O4/c1-10-16-18-26(12-3)29(34)32-24(7)22-28(14-5)36-21-20-31(9,15-6)37-23-25(8)33-30(35)27(13-4)19-17-11-2/h24-28H,10-23H2,1-9H3,(H,32,34)(H,33,35). The van der Waals surface area contributed by atoms with Crippen LogP contribution < -0.4 is 10.6 Å². The molecule has 220 valence electrons. The van der Waals surface area contributed by atoms with Crippen LogP contribution in [0.3, 0.4) is 0 Å². The van der Waals surface area contributed by atoms with Crippen LogP contribution in [0.15, 0.2) is 0 Å². The summed E-state index contributed by atoms with van der Waals surface area (Å²) in [5, 5.41) is 6.37. The Hall–Kier alpha value is -1.14. The van der Waals surface area contributed by atoms with Gasteiger partial charge in [0.05, 0.1) is 18.3 Å². The van der Waals surface area contributed by atoms with E-state index in [1.165, 1.54) is 0 Å². The van der Waals surface area contributed by atoms with Crippen molar-refractivity contribution in [3.8, 4) is 0 Å². The van der Waals surface area contributed by atoms with Gasteiger partial charge < -0.3 is 20.1 Å². The molecule has 6 nitrogen and oxygen atoms in total. The summed E-state index contributed by atoms with van der Waals surface area (Å²) in [6.07, 6.45) is 11.6. The molecule has 0 aliphatic heterocycles. The molecule has 0 spiro atoms. The maximum Gasteiger partial charge on any atom is 0.223 e. The van der Waals surface area contributed by atoms with Crippen molar-refractivity contribution < 1.29 is 19.1 Å². The van der Waals surface area contributed by atoms with Gasteiger partial charge in [0.25, 0.3) is 0 Å². The summed E-state index contributed by atoms with van der Waals surface area (Å²) in [5.41, 5.74) is -0.295. The molecule has 0 saturated heterocycles. The average Bonchev–Trinajstić information content (AvgIpc) is 2.87. The van der Waals surface area contributed by atoms with Gasteiger partial charge in [0, 0.05) is 30.5 Å². The highest BCUT2D eigenvalue weighted by molar-refractivity contribution is 5.79.